The molecule has 2 aromatic heterocycles. The lowest BCUT2D eigenvalue weighted by Crippen LogP contribution is -2.37. The Morgan fingerprint density at radius 1 is 1.00 bits per heavy atom. The van der Waals surface area contributed by atoms with Crippen LogP contribution in [0.1, 0.15) is 32.0 Å². The summed E-state index contributed by atoms with van der Waals surface area (Å²) >= 11 is 0. The van der Waals surface area contributed by atoms with E-state index < -0.39 is 23.6 Å². The Hall–Kier alpha value is -4.61. The standard InChI is InChI=1S/C23H24N8O4/c1-23(2,3)16-11-18(27-22(35)26-17-9-10-24-13-25-17)31(28-16)15-7-5-14(6-8-15)12-30-21(34)19(32)20(33)29(30)4/h5-11,13H,12H2,1-4H3,(H2,24,25,26,27,35). The molecule has 0 bridgehead atoms. The summed E-state index contributed by atoms with van der Waals surface area (Å²) in [6.45, 7) is 6.10. The maximum Gasteiger partial charge on any atom is 0.326 e. The molecule has 35 heavy (non-hydrogen) atoms. The number of benzene rings is 1. The average Bonchev–Trinajstić information content (AvgIpc) is 3.32. The molecular weight excluding hydrogens is 452 g/mol. The first-order valence-electron chi connectivity index (χ1n) is 10.7. The summed E-state index contributed by atoms with van der Waals surface area (Å²) in [7, 11) is 1.38. The lowest BCUT2D eigenvalue weighted by atomic mass is 9.92. The summed E-state index contributed by atoms with van der Waals surface area (Å²) in [5.41, 5.74) is 1.86. The van der Waals surface area contributed by atoms with Crippen molar-refractivity contribution in [1.82, 2.24) is 29.8 Å². The molecule has 0 unspecified atom stereocenters. The highest BCUT2D eigenvalue weighted by Crippen LogP contribution is 2.27. The first-order chi connectivity index (χ1) is 16.5. The van der Waals surface area contributed by atoms with Gasteiger partial charge in [0, 0.05) is 24.7 Å². The molecular formula is C23H24N8O4. The summed E-state index contributed by atoms with van der Waals surface area (Å²) in [5.74, 6) is -1.97. The van der Waals surface area contributed by atoms with Crippen LogP contribution in [-0.2, 0) is 26.3 Å². The Morgan fingerprint density at radius 3 is 2.29 bits per heavy atom. The third kappa shape index (κ3) is 4.86. The number of urea groups is 1. The number of Topliss-reactive ketones (excluding diaryl/α,β-unsaturated/α-hetero) is 1. The van der Waals surface area contributed by atoms with Crippen molar-refractivity contribution >= 4 is 35.3 Å². The predicted octanol–water partition coefficient (Wildman–Crippen LogP) is 1.89. The van der Waals surface area contributed by atoms with Gasteiger partial charge in [-0.2, -0.15) is 5.10 Å². The maximum absolute atomic E-state index is 12.6. The molecule has 3 aromatic rings. The van der Waals surface area contributed by atoms with E-state index in [1.54, 1.807) is 41.1 Å². The zero-order chi connectivity index (χ0) is 25.3. The van der Waals surface area contributed by atoms with E-state index in [0.29, 0.717) is 22.9 Å². The number of rotatable bonds is 5. The summed E-state index contributed by atoms with van der Waals surface area (Å²) in [6.07, 6.45) is 2.85. The van der Waals surface area contributed by atoms with E-state index in [0.717, 1.165) is 15.7 Å². The number of carbonyl (C=O) groups excluding carboxylic acids is 4. The minimum atomic E-state index is -1.05. The number of likely N-dealkylation sites (N-methyl/N-ethyl adjacent to an activating group) is 1. The highest BCUT2D eigenvalue weighted by Gasteiger charge is 2.42. The normalized spacial score (nSPS) is 14.0. The highest BCUT2D eigenvalue weighted by atomic mass is 16.2. The third-order valence-electron chi connectivity index (χ3n) is 5.34. The maximum atomic E-state index is 12.6. The Morgan fingerprint density at radius 2 is 1.71 bits per heavy atom. The molecule has 0 radical (unpaired) electrons. The fraction of sp³-hybridized carbons (Fsp3) is 0.261. The summed E-state index contributed by atoms with van der Waals surface area (Å²) in [4.78, 5) is 55.8. The van der Waals surface area contributed by atoms with Gasteiger partial charge in [-0.25, -0.2) is 29.5 Å². The fourth-order valence-corrected chi connectivity index (χ4v) is 3.36. The van der Waals surface area contributed by atoms with Crippen molar-refractivity contribution in [3.8, 4) is 5.69 Å². The third-order valence-corrected chi connectivity index (χ3v) is 5.34. The van der Waals surface area contributed by atoms with Crippen molar-refractivity contribution in [3.63, 3.8) is 0 Å². The number of hydrogen-bond acceptors (Lipinski definition) is 7. The van der Waals surface area contributed by atoms with Crippen molar-refractivity contribution in [1.29, 1.82) is 0 Å². The molecule has 0 atom stereocenters. The van der Waals surface area contributed by atoms with Crippen molar-refractivity contribution in [3.05, 3.63) is 60.2 Å². The second-order valence-electron chi connectivity index (χ2n) is 8.94. The molecule has 3 heterocycles. The van der Waals surface area contributed by atoms with E-state index in [1.165, 1.54) is 19.6 Å². The first-order valence-corrected chi connectivity index (χ1v) is 10.7. The number of nitrogens with one attached hydrogen (secondary N) is 2. The molecule has 0 spiro atoms. The van der Waals surface area contributed by atoms with E-state index in [-0.39, 0.29) is 12.0 Å². The van der Waals surface area contributed by atoms with Crippen molar-refractivity contribution in [2.75, 3.05) is 17.7 Å². The lowest BCUT2D eigenvalue weighted by molar-refractivity contribution is -0.145. The minimum absolute atomic E-state index is 0.0614. The van der Waals surface area contributed by atoms with Gasteiger partial charge in [0.25, 0.3) is 0 Å². The fourth-order valence-electron chi connectivity index (χ4n) is 3.36. The Bertz CT molecular complexity index is 1300. The van der Waals surface area contributed by atoms with Crippen LogP contribution in [-0.4, -0.2) is 60.4 Å². The molecule has 1 aliphatic heterocycles. The van der Waals surface area contributed by atoms with Crippen LogP contribution in [0.5, 0.6) is 0 Å². The quantitative estimate of drug-likeness (QED) is 0.535. The number of hydrogen-bond donors (Lipinski definition) is 2. The second kappa shape index (κ2) is 8.97. The molecule has 12 nitrogen and oxygen atoms in total. The van der Waals surface area contributed by atoms with Crippen LogP contribution in [0.4, 0.5) is 16.4 Å². The van der Waals surface area contributed by atoms with Gasteiger partial charge >= 0.3 is 23.6 Å². The number of amides is 4. The zero-order valence-corrected chi connectivity index (χ0v) is 19.6. The number of anilines is 2. The second-order valence-corrected chi connectivity index (χ2v) is 8.94. The van der Waals surface area contributed by atoms with Crippen LogP contribution in [0.15, 0.2) is 48.9 Å². The number of carbonyl (C=O) groups is 4. The smallest absolute Gasteiger partial charge is 0.292 e. The van der Waals surface area contributed by atoms with Crippen LogP contribution in [0.2, 0.25) is 0 Å². The largest absolute Gasteiger partial charge is 0.326 e. The van der Waals surface area contributed by atoms with Crippen molar-refractivity contribution in [2.24, 2.45) is 0 Å². The van der Waals surface area contributed by atoms with Gasteiger partial charge in [-0.3, -0.25) is 25.0 Å². The number of hydrazine groups is 1. The van der Waals surface area contributed by atoms with E-state index in [4.69, 9.17) is 0 Å². The molecule has 1 aromatic carbocycles. The van der Waals surface area contributed by atoms with Crippen LogP contribution in [0, 0.1) is 0 Å². The highest BCUT2D eigenvalue weighted by molar-refractivity contribution is 6.65. The molecule has 1 saturated heterocycles. The van der Waals surface area contributed by atoms with Gasteiger partial charge in [0.2, 0.25) is 0 Å². The van der Waals surface area contributed by atoms with Crippen LogP contribution >= 0.6 is 0 Å². The van der Waals surface area contributed by atoms with Gasteiger partial charge in [0.05, 0.1) is 17.9 Å². The van der Waals surface area contributed by atoms with E-state index in [2.05, 4.69) is 25.7 Å². The van der Waals surface area contributed by atoms with Gasteiger partial charge in [0.1, 0.15) is 18.0 Å². The molecule has 2 N–H and O–H groups in total. The number of ketones is 1. The molecule has 4 amide bonds. The van der Waals surface area contributed by atoms with Crippen LogP contribution in [0.25, 0.3) is 5.69 Å². The Balaban J connectivity index is 1.57. The van der Waals surface area contributed by atoms with Crippen molar-refractivity contribution in [2.45, 2.75) is 32.7 Å². The molecule has 0 aliphatic carbocycles. The Kier molecular flexibility index (Phi) is 6.03. The predicted molar refractivity (Wildman–Crippen MR) is 125 cm³/mol. The lowest BCUT2D eigenvalue weighted by Gasteiger charge is -2.22. The summed E-state index contributed by atoms with van der Waals surface area (Å²) in [5, 5.41) is 12.2. The Labute approximate surface area is 200 Å². The van der Waals surface area contributed by atoms with Crippen LogP contribution in [0.3, 0.4) is 0 Å². The van der Waals surface area contributed by atoms with Gasteiger partial charge in [0.15, 0.2) is 0 Å². The number of aromatic nitrogens is 4. The van der Waals surface area contributed by atoms with E-state index >= 15 is 0 Å². The van der Waals surface area contributed by atoms with E-state index in [1.807, 2.05) is 20.8 Å². The first kappa shape index (κ1) is 23.5. The molecule has 0 saturated carbocycles. The molecule has 12 heteroatoms. The topological polar surface area (TPSA) is 142 Å². The molecule has 1 fully saturated rings. The zero-order valence-electron chi connectivity index (χ0n) is 19.6. The number of nitrogens with zero attached hydrogens (tertiary/aromatic N) is 6. The molecule has 4 rings (SSSR count). The van der Waals surface area contributed by atoms with Crippen molar-refractivity contribution < 1.29 is 19.2 Å². The average molecular weight is 476 g/mol. The van der Waals surface area contributed by atoms with E-state index in [9.17, 15) is 19.2 Å². The summed E-state index contributed by atoms with van der Waals surface area (Å²) < 4.78 is 1.60. The molecule has 180 valence electrons. The van der Waals surface area contributed by atoms with Crippen LogP contribution < -0.4 is 10.6 Å². The van der Waals surface area contributed by atoms with Gasteiger partial charge in [-0.15, -0.1) is 0 Å². The summed E-state index contributed by atoms with van der Waals surface area (Å²) in [6, 6.07) is 9.92. The molecule has 1 aliphatic rings. The van der Waals surface area contributed by atoms with Gasteiger partial charge in [-0.1, -0.05) is 32.9 Å². The van der Waals surface area contributed by atoms with Gasteiger partial charge in [-0.05, 0) is 23.8 Å². The minimum Gasteiger partial charge on any atom is -0.292 e. The SMILES string of the molecule is CN1C(=O)C(=O)C(=O)N1Cc1ccc(-n2nc(C(C)(C)C)cc2NC(=O)Nc2ccncn2)cc1. The monoisotopic (exact) mass is 476 g/mol. The van der Waals surface area contributed by atoms with Gasteiger partial charge < -0.3 is 0 Å².